The molecule has 1 amide bonds. The predicted octanol–water partition coefficient (Wildman–Crippen LogP) is 3.49. The van der Waals surface area contributed by atoms with Gasteiger partial charge < -0.3 is 15.0 Å². The van der Waals surface area contributed by atoms with Crippen LogP contribution in [-0.2, 0) is 11.3 Å². The van der Waals surface area contributed by atoms with Crippen molar-refractivity contribution in [1.82, 2.24) is 14.9 Å². The van der Waals surface area contributed by atoms with Gasteiger partial charge >= 0.3 is 0 Å². The average Bonchev–Trinajstić information content (AvgIpc) is 3.26. The van der Waals surface area contributed by atoms with Crippen molar-refractivity contribution in [2.75, 3.05) is 25.5 Å². The van der Waals surface area contributed by atoms with Gasteiger partial charge in [0.05, 0.1) is 29.4 Å². The van der Waals surface area contributed by atoms with Gasteiger partial charge in [0.15, 0.2) is 0 Å². The summed E-state index contributed by atoms with van der Waals surface area (Å²) in [5.41, 5.74) is 2.35. The van der Waals surface area contributed by atoms with Gasteiger partial charge in [-0.2, -0.15) is 0 Å². The SMILES string of the molecule is CN(Cc1ccc2ccccc2n1)C(=O)c1ccc(NC[C@H]2CCCO2)nc1. The number of carbonyl (C=O) groups is 1. The Morgan fingerprint density at radius 2 is 2.11 bits per heavy atom. The molecular weight excluding hydrogens is 352 g/mol. The third-order valence-electron chi connectivity index (χ3n) is 4.95. The van der Waals surface area contributed by atoms with Crippen LogP contribution in [-0.4, -0.2) is 47.1 Å². The molecular formula is C22H24N4O2. The van der Waals surface area contributed by atoms with E-state index in [0.29, 0.717) is 12.1 Å². The van der Waals surface area contributed by atoms with Crippen molar-refractivity contribution in [2.24, 2.45) is 0 Å². The third-order valence-corrected chi connectivity index (χ3v) is 4.95. The maximum Gasteiger partial charge on any atom is 0.255 e. The van der Waals surface area contributed by atoms with Crippen LogP contribution in [0.3, 0.4) is 0 Å². The zero-order valence-corrected chi connectivity index (χ0v) is 16.0. The lowest BCUT2D eigenvalue weighted by Gasteiger charge is -2.17. The quantitative estimate of drug-likeness (QED) is 0.713. The van der Waals surface area contributed by atoms with E-state index in [1.54, 1.807) is 24.2 Å². The number of anilines is 1. The van der Waals surface area contributed by atoms with E-state index in [1.807, 2.05) is 42.5 Å². The molecule has 0 aliphatic carbocycles. The number of ether oxygens (including phenoxy) is 1. The number of pyridine rings is 2. The molecule has 0 saturated carbocycles. The molecule has 1 aliphatic heterocycles. The highest BCUT2D eigenvalue weighted by molar-refractivity contribution is 5.93. The fourth-order valence-electron chi connectivity index (χ4n) is 3.38. The van der Waals surface area contributed by atoms with E-state index in [0.717, 1.165) is 48.4 Å². The van der Waals surface area contributed by atoms with Gasteiger partial charge in [-0.05, 0) is 37.1 Å². The fourth-order valence-corrected chi connectivity index (χ4v) is 3.38. The van der Waals surface area contributed by atoms with Crippen molar-refractivity contribution < 1.29 is 9.53 Å². The molecule has 1 saturated heterocycles. The zero-order chi connectivity index (χ0) is 19.3. The average molecular weight is 376 g/mol. The summed E-state index contributed by atoms with van der Waals surface area (Å²) in [7, 11) is 1.78. The molecule has 2 aromatic heterocycles. The van der Waals surface area contributed by atoms with Gasteiger partial charge in [-0.3, -0.25) is 9.78 Å². The van der Waals surface area contributed by atoms with E-state index < -0.39 is 0 Å². The number of hydrogen-bond acceptors (Lipinski definition) is 5. The Hall–Kier alpha value is -2.99. The van der Waals surface area contributed by atoms with Crippen LogP contribution in [0.25, 0.3) is 10.9 Å². The van der Waals surface area contributed by atoms with Gasteiger partial charge in [0.25, 0.3) is 5.91 Å². The molecule has 1 aliphatic rings. The Morgan fingerprint density at radius 1 is 1.21 bits per heavy atom. The third kappa shape index (κ3) is 4.28. The summed E-state index contributed by atoms with van der Waals surface area (Å²) >= 11 is 0. The minimum atomic E-state index is -0.0758. The van der Waals surface area contributed by atoms with Gasteiger partial charge in [0.2, 0.25) is 0 Å². The van der Waals surface area contributed by atoms with E-state index in [2.05, 4.69) is 15.3 Å². The van der Waals surface area contributed by atoms with Crippen LogP contribution < -0.4 is 5.32 Å². The first-order valence-corrected chi connectivity index (χ1v) is 9.61. The van der Waals surface area contributed by atoms with Crippen molar-refractivity contribution in [3.63, 3.8) is 0 Å². The number of carbonyl (C=O) groups excluding carboxylic acids is 1. The molecule has 0 unspecified atom stereocenters. The van der Waals surface area contributed by atoms with Crippen molar-refractivity contribution in [2.45, 2.75) is 25.5 Å². The van der Waals surface area contributed by atoms with Crippen LogP contribution >= 0.6 is 0 Å². The number of hydrogen-bond donors (Lipinski definition) is 1. The first-order valence-electron chi connectivity index (χ1n) is 9.61. The largest absolute Gasteiger partial charge is 0.376 e. The smallest absolute Gasteiger partial charge is 0.255 e. The van der Waals surface area contributed by atoms with Crippen LogP contribution in [0.4, 0.5) is 5.82 Å². The first-order chi connectivity index (χ1) is 13.7. The highest BCUT2D eigenvalue weighted by Gasteiger charge is 2.16. The minimum Gasteiger partial charge on any atom is -0.376 e. The summed E-state index contributed by atoms with van der Waals surface area (Å²) < 4.78 is 5.59. The predicted molar refractivity (Wildman–Crippen MR) is 109 cm³/mol. The maximum atomic E-state index is 12.7. The molecule has 1 aromatic carbocycles. The van der Waals surface area contributed by atoms with Crippen molar-refractivity contribution in [1.29, 1.82) is 0 Å². The lowest BCUT2D eigenvalue weighted by Crippen LogP contribution is -2.26. The summed E-state index contributed by atoms with van der Waals surface area (Å²) in [5, 5.41) is 4.36. The molecule has 4 rings (SSSR count). The number of benzene rings is 1. The summed E-state index contributed by atoms with van der Waals surface area (Å²) in [4.78, 5) is 23.4. The van der Waals surface area contributed by atoms with Gasteiger partial charge in [-0.1, -0.05) is 24.3 Å². The lowest BCUT2D eigenvalue weighted by atomic mass is 10.2. The number of fused-ring (bicyclic) bond motifs is 1. The topological polar surface area (TPSA) is 67.4 Å². The number of para-hydroxylation sites is 1. The molecule has 1 atom stereocenters. The number of aromatic nitrogens is 2. The summed E-state index contributed by atoms with van der Waals surface area (Å²) in [6.07, 6.45) is 4.07. The van der Waals surface area contributed by atoms with Crippen molar-refractivity contribution >= 4 is 22.6 Å². The Balaban J connectivity index is 1.37. The standard InChI is InChI=1S/C22H24N4O2/c1-26(15-18-10-8-16-5-2-3-7-20(16)25-18)22(27)17-9-11-21(23-13-17)24-14-19-6-4-12-28-19/h2-3,5,7-11,13,19H,4,6,12,14-15H2,1H3,(H,23,24)/t19-/m1/s1. The van der Waals surface area contributed by atoms with Crippen molar-refractivity contribution in [3.8, 4) is 0 Å². The van der Waals surface area contributed by atoms with Gasteiger partial charge in [-0.25, -0.2) is 4.98 Å². The number of amides is 1. The molecule has 3 heterocycles. The second kappa shape index (κ2) is 8.35. The highest BCUT2D eigenvalue weighted by Crippen LogP contribution is 2.15. The fraction of sp³-hybridized carbons (Fsp3) is 0.318. The maximum absolute atomic E-state index is 12.7. The normalized spacial score (nSPS) is 16.2. The van der Waals surface area contributed by atoms with E-state index >= 15 is 0 Å². The second-order valence-corrected chi connectivity index (χ2v) is 7.10. The number of rotatable bonds is 6. The van der Waals surface area contributed by atoms with E-state index in [-0.39, 0.29) is 12.0 Å². The van der Waals surface area contributed by atoms with Crippen LogP contribution in [0.5, 0.6) is 0 Å². The van der Waals surface area contributed by atoms with E-state index in [9.17, 15) is 4.79 Å². The van der Waals surface area contributed by atoms with Crippen LogP contribution in [0.1, 0.15) is 28.9 Å². The van der Waals surface area contributed by atoms with Gasteiger partial charge in [0.1, 0.15) is 5.82 Å². The first kappa shape index (κ1) is 18.4. The Labute approximate surface area is 164 Å². The number of nitrogens with one attached hydrogen (secondary N) is 1. The lowest BCUT2D eigenvalue weighted by molar-refractivity contribution is 0.0783. The Bertz CT molecular complexity index is 952. The molecule has 3 aromatic rings. The van der Waals surface area contributed by atoms with Gasteiger partial charge in [0, 0.05) is 31.8 Å². The summed E-state index contributed by atoms with van der Waals surface area (Å²) in [5.74, 6) is 0.680. The number of nitrogens with zero attached hydrogens (tertiary/aromatic N) is 3. The summed E-state index contributed by atoms with van der Waals surface area (Å²) in [6.45, 7) is 2.03. The van der Waals surface area contributed by atoms with Crippen LogP contribution in [0, 0.1) is 0 Å². The molecule has 1 N–H and O–H groups in total. The second-order valence-electron chi connectivity index (χ2n) is 7.10. The Morgan fingerprint density at radius 3 is 2.89 bits per heavy atom. The van der Waals surface area contributed by atoms with Crippen LogP contribution in [0.2, 0.25) is 0 Å². The van der Waals surface area contributed by atoms with E-state index in [4.69, 9.17) is 4.74 Å². The molecule has 144 valence electrons. The molecule has 6 heteroatoms. The molecule has 0 spiro atoms. The highest BCUT2D eigenvalue weighted by atomic mass is 16.5. The minimum absolute atomic E-state index is 0.0758. The Kier molecular flexibility index (Phi) is 5.48. The van der Waals surface area contributed by atoms with E-state index in [1.165, 1.54) is 0 Å². The molecule has 1 fully saturated rings. The molecule has 6 nitrogen and oxygen atoms in total. The molecule has 28 heavy (non-hydrogen) atoms. The molecule has 0 radical (unpaired) electrons. The zero-order valence-electron chi connectivity index (χ0n) is 16.0. The monoisotopic (exact) mass is 376 g/mol. The molecule has 0 bridgehead atoms. The van der Waals surface area contributed by atoms with Gasteiger partial charge in [-0.15, -0.1) is 0 Å². The van der Waals surface area contributed by atoms with Crippen LogP contribution in [0.15, 0.2) is 54.7 Å². The van der Waals surface area contributed by atoms with Crippen molar-refractivity contribution in [3.05, 3.63) is 66.0 Å². The summed E-state index contributed by atoms with van der Waals surface area (Å²) in [6, 6.07) is 15.6.